The number of carboxylic acids is 1. The summed E-state index contributed by atoms with van der Waals surface area (Å²) in [6.07, 6.45) is -0.0168. The Hall–Kier alpha value is -2.33. The van der Waals surface area contributed by atoms with Crippen LogP contribution in [-0.2, 0) is 24.3 Å². The molecule has 0 aliphatic carbocycles. The van der Waals surface area contributed by atoms with Crippen molar-refractivity contribution in [2.75, 3.05) is 24.2 Å². The van der Waals surface area contributed by atoms with E-state index in [-0.39, 0.29) is 18.4 Å². The van der Waals surface area contributed by atoms with E-state index in [9.17, 15) is 18.0 Å². The van der Waals surface area contributed by atoms with Crippen LogP contribution in [0.3, 0.4) is 0 Å². The highest BCUT2D eigenvalue weighted by Gasteiger charge is 2.36. The van der Waals surface area contributed by atoms with Gasteiger partial charge in [0, 0.05) is 12.8 Å². The number of rotatable bonds is 10. The monoisotopic (exact) mass is 388 g/mol. The standard InChI is InChI=1S/C16H24N2O7S/c1-11(2)25-13-7-5-12(6-8-13)18-26(22,23)9-14(19)17-16(3,10-24-4)15(20)21/h5-8,11,18H,9-10H2,1-4H3,(H,17,19)(H,20,21). The molecule has 1 aromatic carbocycles. The van der Waals surface area contributed by atoms with Gasteiger partial charge in [0.15, 0.2) is 5.54 Å². The smallest absolute Gasteiger partial charge is 0.331 e. The molecule has 0 bridgehead atoms. The van der Waals surface area contributed by atoms with Crippen LogP contribution in [0.4, 0.5) is 5.69 Å². The molecule has 1 rings (SSSR count). The summed E-state index contributed by atoms with van der Waals surface area (Å²) in [5.74, 6) is -2.64. The Morgan fingerprint density at radius 2 is 1.81 bits per heavy atom. The van der Waals surface area contributed by atoms with Gasteiger partial charge in [0.25, 0.3) is 0 Å². The summed E-state index contributed by atoms with van der Waals surface area (Å²) in [5, 5.41) is 11.3. The third-order valence-corrected chi connectivity index (χ3v) is 4.33. The van der Waals surface area contributed by atoms with Crippen LogP contribution in [0.25, 0.3) is 0 Å². The molecule has 0 saturated heterocycles. The van der Waals surface area contributed by atoms with Crippen molar-refractivity contribution >= 4 is 27.6 Å². The van der Waals surface area contributed by atoms with Gasteiger partial charge in [-0.25, -0.2) is 13.2 Å². The molecule has 0 saturated carbocycles. The SMILES string of the molecule is COCC(C)(NC(=O)CS(=O)(=O)Nc1ccc(OC(C)C)cc1)C(=O)O. The number of amides is 1. The van der Waals surface area contributed by atoms with E-state index < -0.39 is 33.2 Å². The lowest BCUT2D eigenvalue weighted by molar-refractivity contribution is -0.148. The second-order valence-corrected chi connectivity index (χ2v) is 7.89. The van der Waals surface area contributed by atoms with E-state index in [1.54, 1.807) is 12.1 Å². The number of aliphatic carboxylic acids is 1. The molecule has 3 N–H and O–H groups in total. The van der Waals surface area contributed by atoms with Gasteiger partial charge in [0.05, 0.1) is 12.7 Å². The van der Waals surface area contributed by atoms with Gasteiger partial charge in [-0.1, -0.05) is 0 Å². The fourth-order valence-electron chi connectivity index (χ4n) is 2.05. The van der Waals surface area contributed by atoms with E-state index >= 15 is 0 Å². The van der Waals surface area contributed by atoms with Gasteiger partial charge >= 0.3 is 5.97 Å². The van der Waals surface area contributed by atoms with Gasteiger partial charge < -0.3 is 19.9 Å². The van der Waals surface area contributed by atoms with Crippen LogP contribution in [0, 0.1) is 0 Å². The van der Waals surface area contributed by atoms with Crippen molar-refractivity contribution in [1.82, 2.24) is 5.32 Å². The quantitative estimate of drug-likeness (QED) is 0.541. The Morgan fingerprint density at radius 3 is 2.27 bits per heavy atom. The normalized spacial score (nSPS) is 13.7. The van der Waals surface area contributed by atoms with E-state index in [1.165, 1.54) is 26.2 Å². The summed E-state index contributed by atoms with van der Waals surface area (Å²) in [4.78, 5) is 23.2. The molecule has 1 atom stereocenters. The molecular weight excluding hydrogens is 364 g/mol. The number of sulfonamides is 1. The Kier molecular flexibility index (Phi) is 7.40. The Bertz CT molecular complexity index is 731. The second kappa shape index (κ2) is 8.86. The van der Waals surface area contributed by atoms with Crippen molar-refractivity contribution in [3.05, 3.63) is 24.3 Å². The first-order chi connectivity index (χ1) is 12.0. The van der Waals surface area contributed by atoms with Crippen LogP contribution < -0.4 is 14.8 Å². The number of carbonyl (C=O) groups excluding carboxylic acids is 1. The van der Waals surface area contributed by atoms with Crippen LogP contribution in [0.15, 0.2) is 24.3 Å². The lowest BCUT2D eigenvalue weighted by Gasteiger charge is -2.25. The molecule has 0 radical (unpaired) electrons. The maximum absolute atomic E-state index is 12.1. The summed E-state index contributed by atoms with van der Waals surface area (Å²) >= 11 is 0. The number of ether oxygens (including phenoxy) is 2. The minimum absolute atomic E-state index is 0.0168. The fraction of sp³-hybridized carbons (Fsp3) is 0.500. The number of methoxy groups -OCH3 is 1. The van der Waals surface area contributed by atoms with Gasteiger partial charge in [-0.2, -0.15) is 0 Å². The van der Waals surface area contributed by atoms with Gasteiger partial charge in [-0.3, -0.25) is 9.52 Å². The number of benzene rings is 1. The predicted octanol–water partition coefficient (Wildman–Crippen LogP) is 0.821. The molecule has 0 heterocycles. The highest BCUT2D eigenvalue weighted by Crippen LogP contribution is 2.18. The average Bonchev–Trinajstić information content (AvgIpc) is 2.47. The molecule has 1 aromatic rings. The van der Waals surface area contributed by atoms with E-state index in [2.05, 4.69) is 10.0 Å². The second-order valence-electron chi connectivity index (χ2n) is 6.17. The lowest BCUT2D eigenvalue weighted by Crippen LogP contribution is -2.56. The zero-order valence-corrected chi connectivity index (χ0v) is 15.9. The maximum Gasteiger partial charge on any atom is 0.331 e. The molecule has 26 heavy (non-hydrogen) atoms. The third kappa shape index (κ3) is 6.89. The van der Waals surface area contributed by atoms with E-state index in [0.717, 1.165) is 0 Å². The van der Waals surface area contributed by atoms with E-state index in [4.69, 9.17) is 14.6 Å². The van der Waals surface area contributed by atoms with Crippen molar-refractivity contribution in [2.24, 2.45) is 0 Å². The number of carbonyl (C=O) groups is 2. The predicted molar refractivity (Wildman–Crippen MR) is 95.7 cm³/mol. The van der Waals surface area contributed by atoms with Gasteiger partial charge in [-0.05, 0) is 45.0 Å². The largest absolute Gasteiger partial charge is 0.491 e. The number of hydrogen-bond donors (Lipinski definition) is 3. The van der Waals surface area contributed by atoms with Crippen LogP contribution in [0.1, 0.15) is 20.8 Å². The Labute approximate surface area is 152 Å². The first kappa shape index (κ1) is 21.7. The Morgan fingerprint density at radius 1 is 1.23 bits per heavy atom. The molecule has 0 aromatic heterocycles. The van der Waals surface area contributed by atoms with Crippen LogP contribution >= 0.6 is 0 Å². The van der Waals surface area contributed by atoms with E-state index in [0.29, 0.717) is 5.75 Å². The summed E-state index contributed by atoms with van der Waals surface area (Å²) in [6.45, 7) is 4.65. The zero-order valence-electron chi connectivity index (χ0n) is 15.1. The van der Waals surface area contributed by atoms with Crippen LogP contribution in [0.2, 0.25) is 0 Å². The topological polar surface area (TPSA) is 131 Å². The van der Waals surface area contributed by atoms with Crippen molar-refractivity contribution in [3.8, 4) is 5.75 Å². The summed E-state index contributed by atoms with van der Waals surface area (Å²) in [6, 6.07) is 6.19. The summed E-state index contributed by atoms with van der Waals surface area (Å²) in [5.41, 5.74) is -1.47. The third-order valence-electron chi connectivity index (χ3n) is 3.14. The highest BCUT2D eigenvalue weighted by atomic mass is 32.2. The number of carboxylic acid groups (broad SMARTS) is 1. The van der Waals surface area contributed by atoms with Crippen molar-refractivity contribution in [2.45, 2.75) is 32.4 Å². The number of nitrogens with one attached hydrogen (secondary N) is 2. The number of anilines is 1. The average molecular weight is 388 g/mol. The molecule has 9 nitrogen and oxygen atoms in total. The summed E-state index contributed by atoms with van der Waals surface area (Å²) < 4.78 is 36.7. The molecule has 146 valence electrons. The first-order valence-electron chi connectivity index (χ1n) is 7.78. The zero-order chi connectivity index (χ0) is 20.0. The van der Waals surface area contributed by atoms with Crippen molar-refractivity contribution in [1.29, 1.82) is 0 Å². The summed E-state index contributed by atoms with van der Waals surface area (Å²) in [7, 11) is -2.74. The Balaban J connectivity index is 2.73. The van der Waals surface area contributed by atoms with Crippen molar-refractivity contribution < 1.29 is 32.6 Å². The molecule has 1 unspecified atom stereocenters. The molecule has 10 heteroatoms. The first-order valence-corrected chi connectivity index (χ1v) is 9.43. The minimum atomic E-state index is -4.02. The lowest BCUT2D eigenvalue weighted by atomic mass is 10.0. The van der Waals surface area contributed by atoms with E-state index in [1.807, 2.05) is 13.8 Å². The number of hydrogen-bond acceptors (Lipinski definition) is 6. The van der Waals surface area contributed by atoms with Crippen LogP contribution in [-0.4, -0.2) is 56.5 Å². The van der Waals surface area contributed by atoms with Crippen molar-refractivity contribution in [3.63, 3.8) is 0 Å². The van der Waals surface area contributed by atoms with Crippen LogP contribution in [0.5, 0.6) is 5.75 Å². The van der Waals surface area contributed by atoms with Gasteiger partial charge in [0.1, 0.15) is 11.5 Å². The fourth-order valence-corrected chi connectivity index (χ4v) is 3.03. The highest BCUT2D eigenvalue weighted by molar-refractivity contribution is 7.93. The minimum Gasteiger partial charge on any atom is -0.491 e. The molecule has 0 spiro atoms. The molecule has 1 amide bonds. The molecule has 0 fully saturated rings. The van der Waals surface area contributed by atoms with Gasteiger partial charge in [0.2, 0.25) is 15.9 Å². The maximum atomic E-state index is 12.1. The molecular formula is C16H24N2O7S. The molecule has 0 aliphatic rings. The molecule has 0 aliphatic heterocycles. The van der Waals surface area contributed by atoms with Gasteiger partial charge in [-0.15, -0.1) is 0 Å².